The van der Waals surface area contributed by atoms with Crippen LogP contribution in [-0.2, 0) is 11.3 Å². The number of aryl methyl sites for hydroxylation is 1. The Kier molecular flexibility index (Phi) is 7.44. The van der Waals surface area contributed by atoms with Crippen LogP contribution in [0.15, 0.2) is 36.7 Å². The predicted molar refractivity (Wildman–Crippen MR) is 129 cm³/mol. The molecule has 0 spiro atoms. The van der Waals surface area contributed by atoms with Gasteiger partial charge < -0.3 is 20.1 Å². The van der Waals surface area contributed by atoms with Crippen molar-refractivity contribution in [3.8, 4) is 5.75 Å². The van der Waals surface area contributed by atoms with Gasteiger partial charge in [0.05, 0.1) is 36.0 Å². The van der Waals surface area contributed by atoms with Crippen LogP contribution >= 0.6 is 0 Å². The summed E-state index contributed by atoms with van der Waals surface area (Å²) in [6, 6.07) is 8.01. The van der Waals surface area contributed by atoms with Crippen molar-refractivity contribution in [2.75, 3.05) is 25.6 Å². The van der Waals surface area contributed by atoms with Crippen molar-refractivity contribution >= 4 is 22.6 Å². The number of benzene rings is 1. The second-order valence-electron chi connectivity index (χ2n) is 8.36. The number of hydrogen-bond donors (Lipinski definition) is 2. The molecule has 1 saturated heterocycles. The third-order valence-corrected chi connectivity index (χ3v) is 6.18. The Morgan fingerprint density at radius 2 is 1.97 bits per heavy atom. The Balaban J connectivity index is 1.65. The van der Waals surface area contributed by atoms with Gasteiger partial charge in [-0.3, -0.25) is 4.79 Å². The number of anilines is 1. The van der Waals surface area contributed by atoms with Gasteiger partial charge in [-0.05, 0) is 43.9 Å². The van der Waals surface area contributed by atoms with Gasteiger partial charge in [0.1, 0.15) is 5.75 Å². The number of methoxy groups -OCH3 is 1. The molecule has 1 unspecified atom stereocenters. The van der Waals surface area contributed by atoms with Crippen molar-refractivity contribution < 1.29 is 14.3 Å². The van der Waals surface area contributed by atoms with E-state index in [0.29, 0.717) is 5.56 Å². The van der Waals surface area contributed by atoms with Crippen molar-refractivity contribution in [1.82, 2.24) is 20.1 Å². The summed E-state index contributed by atoms with van der Waals surface area (Å²) < 4.78 is 12.6. The van der Waals surface area contributed by atoms with E-state index in [0.717, 1.165) is 73.5 Å². The van der Waals surface area contributed by atoms with Crippen molar-refractivity contribution in [1.29, 1.82) is 0 Å². The smallest absolute Gasteiger partial charge is 0.255 e. The van der Waals surface area contributed by atoms with Gasteiger partial charge >= 0.3 is 0 Å². The second kappa shape index (κ2) is 10.7. The van der Waals surface area contributed by atoms with Gasteiger partial charge in [-0.2, -0.15) is 5.10 Å². The number of ether oxygens (including phenoxy) is 2. The molecule has 1 aromatic carbocycles. The predicted octanol–water partition coefficient (Wildman–Crippen LogP) is 4.32. The molecule has 1 aliphatic heterocycles. The highest BCUT2D eigenvalue weighted by molar-refractivity contribution is 6.06. The number of hydrogen-bond acceptors (Lipinski definition) is 6. The van der Waals surface area contributed by atoms with Gasteiger partial charge in [-0.25, -0.2) is 9.67 Å². The summed E-state index contributed by atoms with van der Waals surface area (Å²) >= 11 is 0. The number of carbonyl (C=O) groups is 1. The third-order valence-electron chi connectivity index (χ3n) is 6.18. The van der Waals surface area contributed by atoms with Crippen LogP contribution in [0, 0.1) is 0 Å². The molecule has 1 aliphatic rings. The molecule has 0 radical (unpaired) electrons. The Morgan fingerprint density at radius 1 is 1.21 bits per heavy atom. The molecule has 0 saturated carbocycles. The molecular weight excluding hydrogens is 418 g/mol. The minimum atomic E-state index is -0.141. The molecule has 1 fully saturated rings. The molecule has 2 aromatic heterocycles. The average molecular weight is 452 g/mol. The molecule has 3 aromatic rings. The van der Waals surface area contributed by atoms with E-state index >= 15 is 0 Å². The number of fused-ring (bicyclic) bond motifs is 1. The monoisotopic (exact) mass is 451 g/mol. The highest BCUT2D eigenvalue weighted by Gasteiger charge is 2.24. The summed E-state index contributed by atoms with van der Waals surface area (Å²) in [7, 11) is 1.65. The zero-order chi connectivity index (χ0) is 23.2. The van der Waals surface area contributed by atoms with E-state index in [2.05, 4.69) is 27.6 Å². The highest BCUT2D eigenvalue weighted by atomic mass is 16.5. The van der Waals surface area contributed by atoms with Gasteiger partial charge in [-0.15, -0.1) is 0 Å². The molecule has 0 bridgehead atoms. The standard InChI is InChI=1S/C25H33N5O3/c1-4-6-22(17-7-9-19(32-3)10-8-17)29-25(31)21-15-26-24-20(16-27-30(24)5-2)23(21)28-18-11-13-33-14-12-18/h7-10,15-16,18,22H,4-6,11-14H2,1-3H3,(H,26,28)(H,29,31). The van der Waals surface area contributed by atoms with Gasteiger partial charge in [0.25, 0.3) is 5.91 Å². The maximum atomic E-state index is 13.5. The molecule has 8 nitrogen and oxygen atoms in total. The Morgan fingerprint density at radius 3 is 2.64 bits per heavy atom. The molecule has 1 atom stereocenters. The summed E-state index contributed by atoms with van der Waals surface area (Å²) in [4.78, 5) is 18.1. The highest BCUT2D eigenvalue weighted by Crippen LogP contribution is 2.29. The topological polar surface area (TPSA) is 90.3 Å². The minimum Gasteiger partial charge on any atom is -0.497 e. The number of rotatable bonds is 9. The van der Waals surface area contributed by atoms with E-state index in [1.165, 1.54) is 0 Å². The molecule has 3 heterocycles. The molecule has 2 N–H and O–H groups in total. The maximum Gasteiger partial charge on any atom is 0.255 e. The number of amides is 1. The normalized spacial score (nSPS) is 15.4. The van der Waals surface area contributed by atoms with Gasteiger partial charge in [0.15, 0.2) is 5.65 Å². The lowest BCUT2D eigenvalue weighted by atomic mass is 10.0. The molecule has 33 heavy (non-hydrogen) atoms. The van der Waals surface area contributed by atoms with Crippen LogP contribution in [0.25, 0.3) is 11.0 Å². The van der Waals surface area contributed by atoms with Crippen molar-refractivity contribution in [3.05, 3.63) is 47.8 Å². The lowest BCUT2D eigenvalue weighted by molar-refractivity contribution is 0.0903. The number of pyridine rings is 1. The molecule has 1 amide bonds. The summed E-state index contributed by atoms with van der Waals surface area (Å²) in [5.74, 6) is 0.656. The quantitative estimate of drug-likeness (QED) is 0.504. The van der Waals surface area contributed by atoms with Crippen LogP contribution < -0.4 is 15.4 Å². The lowest BCUT2D eigenvalue weighted by Crippen LogP contribution is -2.32. The fourth-order valence-corrected chi connectivity index (χ4v) is 4.31. The van der Waals surface area contributed by atoms with Crippen LogP contribution in [0.1, 0.15) is 61.5 Å². The van der Waals surface area contributed by atoms with E-state index in [-0.39, 0.29) is 18.0 Å². The molecule has 0 aliphatic carbocycles. The van der Waals surface area contributed by atoms with Crippen molar-refractivity contribution in [2.45, 2.75) is 58.2 Å². The molecular formula is C25H33N5O3. The van der Waals surface area contributed by atoms with Crippen LogP contribution in [0.2, 0.25) is 0 Å². The van der Waals surface area contributed by atoms with E-state index in [1.54, 1.807) is 19.5 Å². The first-order valence-corrected chi connectivity index (χ1v) is 11.8. The molecule has 176 valence electrons. The largest absolute Gasteiger partial charge is 0.497 e. The number of aromatic nitrogens is 3. The van der Waals surface area contributed by atoms with Crippen LogP contribution in [0.4, 0.5) is 5.69 Å². The Labute approximate surface area is 194 Å². The van der Waals surface area contributed by atoms with Crippen LogP contribution in [-0.4, -0.2) is 47.0 Å². The van der Waals surface area contributed by atoms with Gasteiger partial charge in [0, 0.05) is 32.0 Å². The summed E-state index contributed by atoms with van der Waals surface area (Å²) in [6.07, 6.45) is 7.06. The third kappa shape index (κ3) is 5.11. The SMILES string of the molecule is CCCC(NC(=O)c1cnc2c(cnn2CC)c1NC1CCOCC1)c1ccc(OC)cc1. The number of nitrogens with one attached hydrogen (secondary N) is 2. The van der Waals surface area contributed by atoms with Crippen LogP contribution in [0.3, 0.4) is 0 Å². The summed E-state index contributed by atoms with van der Waals surface area (Å²) in [6.45, 7) is 6.31. The van der Waals surface area contributed by atoms with E-state index < -0.39 is 0 Å². The van der Waals surface area contributed by atoms with Crippen molar-refractivity contribution in [2.24, 2.45) is 0 Å². The van der Waals surface area contributed by atoms with Gasteiger partial charge in [-0.1, -0.05) is 25.5 Å². The van der Waals surface area contributed by atoms with Crippen LogP contribution in [0.5, 0.6) is 5.75 Å². The summed E-state index contributed by atoms with van der Waals surface area (Å²) in [5.41, 5.74) is 3.18. The first kappa shape index (κ1) is 23.0. The van der Waals surface area contributed by atoms with E-state index in [1.807, 2.05) is 35.9 Å². The average Bonchev–Trinajstić information content (AvgIpc) is 3.28. The first-order valence-electron chi connectivity index (χ1n) is 11.8. The Hall–Kier alpha value is -3.13. The second-order valence-corrected chi connectivity index (χ2v) is 8.36. The molecule has 4 rings (SSSR count). The van der Waals surface area contributed by atoms with E-state index in [4.69, 9.17) is 9.47 Å². The zero-order valence-electron chi connectivity index (χ0n) is 19.6. The lowest BCUT2D eigenvalue weighted by Gasteiger charge is -2.26. The van der Waals surface area contributed by atoms with E-state index in [9.17, 15) is 4.79 Å². The van der Waals surface area contributed by atoms with Gasteiger partial charge in [0.2, 0.25) is 0 Å². The van der Waals surface area contributed by atoms with Crippen molar-refractivity contribution in [3.63, 3.8) is 0 Å². The first-order chi connectivity index (χ1) is 16.1. The number of nitrogens with zero attached hydrogens (tertiary/aromatic N) is 3. The number of carbonyl (C=O) groups excluding carboxylic acids is 1. The fourth-order valence-electron chi connectivity index (χ4n) is 4.31. The fraction of sp³-hybridized carbons (Fsp3) is 0.480. The maximum absolute atomic E-state index is 13.5. The summed E-state index contributed by atoms with van der Waals surface area (Å²) in [5, 5.41) is 12.2. The molecule has 8 heteroatoms. The zero-order valence-corrected chi connectivity index (χ0v) is 19.6. The minimum absolute atomic E-state index is 0.0987. The Bertz CT molecular complexity index is 1070.